The second-order valence-corrected chi connectivity index (χ2v) is 4.85. The Balaban J connectivity index is 2.04. The summed E-state index contributed by atoms with van der Waals surface area (Å²) in [7, 11) is 0. The molecule has 0 saturated heterocycles. The zero-order chi connectivity index (χ0) is 11.4. The van der Waals surface area contributed by atoms with Crippen LogP contribution in [0.5, 0.6) is 5.75 Å². The van der Waals surface area contributed by atoms with Gasteiger partial charge in [-0.2, -0.15) is 0 Å². The van der Waals surface area contributed by atoms with Crippen LogP contribution in [0.1, 0.15) is 5.69 Å². The van der Waals surface area contributed by atoms with Gasteiger partial charge in [0.25, 0.3) is 0 Å². The van der Waals surface area contributed by atoms with E-state index in [1.807, 2.05) is 35.9 Å². The summed E-state index contributed by atoms with van der Waals surface area (Å²) in [5.41, 5.74) is 6.42. The van der Waals surface area contributed by atoms with Crippen LogP contribution in [0.2, 0.25) is 0 Å². The van der Waals surface area contributed by atoms with Crippen LogP contribution in [0.3, 0.4) is 0 Å². The first-order valence-corrected chi connectivity index (χ1v) is 6.85. The van der Waals surface area contributed by atoms with E-state index in [1.54, 1.807) is 11.8 Å². The van der Waals surface area contributed by atoms with Crippen molar-refractivity contribution in [3.63, 3.8) is 0 Å². The standard InChI is InChI=1S/C11H12N2OS2/c1-15-10-5-3-2-4-9(10)14-6-8-7-16-11(12)13-8/h2-5,7H,6H2,1H3,(H2,12,13). The van der Waals surface area contributed by atoms with Crippen molar-refractivity contribution in [1.29, 1.82) is 0 Å². The van der Waals surface area contributed by atoms with Gasteiger partial charge in [-0.15, -0.1) is 23.1 Å². The van der Waals surface area contributed by atoms with Crippen LogP contribution in [0.25, 0.3) is 0 Å². The van der Waals surface area contributed by atoms with Gasteiger partial charge >= 0.3 is 0 Å². The van der Waals surface area contributed by atoms with Gasteiger partial charge in [0, 0.05) is 10.3 Å². The van der Waals surface area contributed by atoms with Crippen molar-refractivity contribution in [2.24, 2.45) is 0 Å². The third kappa shape index (κ3) is 2.68. The lowest BCUT2D eigenvalue weighted by molar-refractivity contribution is 0.295. The van der Waals surface area contributed by atoms with Gasteiger partial charge in [0.15, 0.2) is 5.13 Å². The molecule has 0 spiro atoms. The molecular formula is C11H12N2OS2. The molecule has 3 nitrogen and oxygen atoms in total. The summed E-state index contributed by atoms with van der Waals surface area (Å²) in [4.78, 5) is 5.28. The molecule has 0 aliphatic rings. The third-order valence-electron chi connectivity index (χ3n) is 2.01. The van der Waals surface area contributed by atoms with Crippen LogP contribution in [0.15, 0.2) is 34.5 Å². The average Bonchev–Trinajstić information content (AvgIpc) is 2.73. The highest BCUT2D eigenvalue weighted by Crippen LogP contribution is 2.27. The van der Waals surface area contributed by atoms with Gasteiger partial charge < -0.3 is 10.5 Å². The fraction of sp³-hybridized carbons (Fsp3) is 0.182. The summed E-state index contributed by atoms with van der Waals surface area (Å²) in [6, 6.07) is 7.96. The van der Waals surface area contributed by atoms with E-state index in [4.69, 9.17) is 10.5 Å². The minimum absolute atomic E-state index is 0.464. The first-order chi connectivity index (χ1) is 7.79. The van der Waals surface area contributed by atoms with Crippen LogP contribution in [-0.2, 0) is 6.61 Å². The van der Waals surface area contributed by atoms with Crippen molar-refractivity contribution in [2.75, 3.05) is 12.0 Å². The smallest absolute Gasteiger partial charge is 0.180 e. The maximum Gasteiger partial charge on any atom is 0.180 e. The number of nitrogen functional groups attached to an aromatic ring is 1. The zero-order valence-corrected chi connectivity index (χ0v) is 10.5. The normalized spacial score (nSPS) is 10.3. The Bertz CT molecular complexity index is 471. The summed E-state index contributed by atoms with van der Waals surface area (Å²) >= 11 is 3.10. The van der Waals surface area contributed by atoms with E-state index < -0.39 is 0 Å². The maximum absolute atomic E-state index is 5.70. The number of para-hydroxylation sites is 1. The summed E-state index contributed by atoms with van der Waals surface area (Å²) in [5.74, 6) is 0.890. The predicted molar refractivity (Wildman–Crippen MR) is 69.1 cm³/mol. The molecule has 0 fully saturated rings. The first-order valence-electron chi connectivity index (χ1n) is 4.75. The molecule has 1 heterocycles. The summed E-state index contributed by atoms with van der Waals surface area (Å²) < 4.78 is 5.70. The molecule has 0 atom stereocenters. The Labute approximate surface area is 103 Å². The number of ether oxygens (including phenoxy) is 1. The molecule has 2 aromatic rings. The SMILES string of the molecule is CSc1ccccc1OCc1csc(N)n1. The number of nitrogens with two attached hydrogens (primary N) is 1. The quantitative estimate of drug-likeness (QED) is 0.850. The first kappa shape index (κ1) is 11.3. The van der Waals surface area contributed by atoms with E-state index in [-0.39, 0.29) is 0 Å². The van der Waals surface area contributed by atoms with Crippen molar-refractivity contribution in [3.8, 4) is 5.75 Å². The molecule has 0 aliphatic carbocycles. The molecule has 84 valence electrons. The Morgan fingerprint density at radius 1 is 1.44 bits per heavy atom. The van der Waals surface area contributed by atoms with Gasteiger partial charge in [-0.3, -0.25) is 0 Å². The molecule has 5 heteroatoms. The molecule has 0 radical (unpaired) electrons. The number of hydrogen-bond acceptors (Lipinski definition) is 5. The summed E-state index contributed by atoms with van der Waals surface area (Å²) in [6.07, 6.45) is 2.03. The Morgan fingerprint density at radius 2 is 2.25 bits per heavy atom. The van der Waals surface area contributed by atoms with Gasteiger partial charge in [-0.1, -0.05) is 12.1 Å². The highest BCUT2D eigenvalue weighted by atomic mass is 32.2. The Kier molecular flexibility index (Phi) is 3.69. The minimum atomic E-state index is 0.464. The number of thiazole rings is 1. The maximum atomic E-state index is 5.70. The molecule has 0 aliphatic heterocycles. The number of hydrogen-bond donors (Lipinski definition) is 1. The van der Waals surface area contributed by atoms with Crippen LogP contribution in [-0.4, -0.2) is 11.2 Å². The number of thioether (sulfide) groups is 1. The molecule has 1 aromatic heterocycles. The van der Waals surface area contributed by atoms with Gasteiger partial charge in [0.05, 0.1) is 5.69 Å². The predicted octanol–water partition coefficient (Wildman–Crippen LogP) is 3.03. The summed E-state index contributed by atoms with van der Waals surface area (Å²) in [5, 5.41) is 2.49. The van der Waals surface area contributed by atoms with Gasteiger partial charge in [-0.25, -0.2) is 4.98 Å². The van der Waals surface area contributed by atoms with Crippen LogP contribution >= 0.6 is 23.1 Å². The second-order valence-electron chi connectivity index (χ2n) is 3.12. The van der Waals surface area contributed by atoms with E-state index in [1.165, 1.54) is 11.3 Å². The minimum Gasteiger partial charge on any atom is -0.486 e. The van der Waals surface area contributed by atoms with Crippen molar-refractivity contribution < 1.29 is 4.74 Å². The topological polar surface area (TPSA) is 48.1 Å². The zero-order valence-electron chi connectivity index (χ0n) is 8.84. The molecule has 1 aromatic carbocycles. The average molecular weight is 252 g/mol. The highest BCUT2D eigenvalue weighted by Gasteiger charge is 2.03. The number of nitrogens with zero attached hydrogens (tertiary/aromatic N) is 1. The van der Waals surface area contributed by atoms with Crippen molar-refractivity contribution in [3.05, 3.63) is 35.3 Å². The van der Waals surface area contributed by atoms with E-state index in [9.17, 15) is 0 Å². The van der Waals surface area contributed by atoms with E-state index in [2.05, 4.69) is 4.98 Å². The van der Waals surface area contributed by atoms with E-state index in [0.717, 1.165) is 16.3 Å². The Morgan fingerprint density at radius 3 is 2.94 bits per heavy atom. The Hall–Kier alpha value is -1.20. The number of benzene rings is 1. The number of rotatable bonds is 4. The summed E-state index contributed by atoms with van der Waals surface area (Å²) in [6.45, 7) is 0.464. The molecule has 0 unspecified atom stereocenters. The van der Waals surface area contributed by atoms with Gasteiger partial charge in [0.1, 0.15) is 12.4 Å². The lowest BCUT2D eigenvalue weighted by Crippen LogP contribution is -1.97. The fourth-order valence-corrected chi connectivity index (χ4v) is 2.37. The van der Waals surface area contributed by atoms with Crippen LogP contribution in [0.4, 0.5) is 5.13 Å². The van der Waals surface area contributed by atoms with Crippen LogP contribution in [0, 0.1) is 0 Å². The fourth-order valence-electron chi connectivity index (χ4n) is 1.28. The molecular weight excluding hydrogens is 240 g/mol. The van der Waals surface area contributed by atoms with E-state index in [0.29, 0.717) is 11.7 Å². The molecule has 0 bridgehead atoms. The van der Waals surface area contributed by atoms with Crippen molar-refractivity contribution in [1.82, 2.24) is 4.98 Å². The third-order valence-corrected chi connectivity index (χ3v) is 3.51. The largest absolute Gasteiger partial charge is 0.486 e. The molecule has 0 saturated carbocycles. The molecule has 0 amide bonds. The number of anilines is 1. The van der Waals surface area contributed by atoms with Gasteiger partial charge in [-0.05, 0) is 18.4 Å². The monoisotopic (exact) mass is 252 g/mol. The second kappa shape index (κ2) is 5.23. The lowest BCUT2D eigenvalue weighted by Gasteiger charge is -2.07. The van der Waals surface area contributed by atoms with Gasteiger partial charge in [0.2, 0.25) is 0 Å². The van der Waals surface area contributed by atoms with Crippen molar-refractivity contribution >= 4 is 28.2 Å². The van der Waals surface area contributed by atoms with Crippen LogP contribution < -0.4 is 10.5 Å². The molecule has 2 rings (SSSR count). The van der Waals surface area contributed by atoms with E-state index >= 15 is 0 Å². The highest BCUT2D eigenvalue weighted by molar-refractivity contribution is 7.98. The van der Waals surface area contributed by atoms with Crippen molar-refractivity contribution in [2.45, 2.75) is 11.5 Å². The molecule has 16 heavy (non-hydrogen) atoms. The molecule has 2 N–H and O–H groups in total. The lowest BCUT2D eigenvalue weighted by atomic mass is 10.3. The number of aromatic nitrogens is 1.